The SMILES string of the molecule is O=C1NC(c2ccccc2)c2ccccc2C1=CN1CCOCC1. The van der Waals surface area contributed by atoms with Gasteiger partial charge in [0.05, 0.1) is 24.8 Å². The fourth-order valence-corrected chi connectivity index (χ4v) is 3.33. The Morgan fingerprint density at radius 3 is 2.50 bits per heavy atom. The molecular formula is C20H20N2O2. The fourth-order valence-electron chi connectivity index (χ4n) is 3.33. The van der Waals surface area contributed by atoms with Gasteiger partial charge >= 0.3 is 0 Å². The number of nitrogens with one attached hydrogen (secondary N) is 1. The number of nitrogens with zero attached hydrogens (tertiary/aromatic N) is 1. The molecule has 1 atom stereocenters. The summed E-state index contributed by atoms with van der Waals surface area (Å²) in [6.45, 7) is 3.06. The molecule has 0 spiro atoms. The second kappa shape index (κ2) is 6.49. The van der Waals surface area contributed by atoms with E-state index in [1.165, 1.54) is 0 Å². The molecule has 0 aromatic heterocycles. The van der Waals surface area contributed by atoms with Crippen molar-refractivity contribution in [2.24, 2.45) is 0 Å². The van der Waals surface area contributed by atoms with E-state index < -0.39 is 0 Å². The molecule has 4 rings (SSSR count). The van der Waals surface area contributed by atoms with Crippen LogP contribution in [0, 0.1) is 0 Å². The minimum Gasteiger partial charge on any atom is -0.378 e. The van der Waals surface area contributed by atoms with Gasteiger partial charge in [0, 0.05) is 19.3 Å². The zero-order valence-corrected chi connectivity index (χ0v) is 13.4. The van der Waals surface area contributed by atoms with Gasteiger partial charge in [-0.25, -0.2) is 0 Å². The Hall–Kier alpha value is -2.59. The number of hydrogen-bond acceptors (Lipinski definition) is 3. The fraction of sp³-hybridized carbons (Fsp3) is 0.250. The Bertz CT molecular complexity index is 764. The van der Waals surface area contributed by atoms with E-state index in [-0.39, 0.29) is 11.9 Å². The molecule has 2 aliphatic rings. The van der Waals surface area contributed by atoms with Crippen molar-refractivity contribution in [1.29, 1.82) is 0 Å². The van der Waals surface area contributed by atoms with Crippen molar-refractivity contribution >= 4 is 11.5 Å². The Kier molecular flexibility index (Phi) is 4.05. The number of ether oxygens (including phenoxy) is 1. The summed E-state index contributed by atoms with van der Waals surface area (Å²) in [5.41, 5.74) is 3.99. The van der Waals surface area contributed by atoms with Gasteiger partial charge in [0.1, 0.15) is 0 Å². The van der Waals surface area contributed by atoms with E-state index >= 15 is 0 Å². The number of amides is 1. The number of benzene rings is 2. The van der Waals surface area contributed by atoms with Crippen molar-refractivity contribution in [3.05, 3.63) is 77.5 Å². The van der Waals surface area contributed by atoms with E-state index in [9.17, 15) is 4.79 Å². The zero-order valence-electron chi connectivity index (χ0n) is 13.4. The number of morpholine rings is 1. The highest BCUT2D eigenvalue weighted by atomic mass is 16.5. The molecule has 2 aliphatic heterocycles. The van der Waals surface area contributed by atoms with Crippen LogP contribution >= 0.6 is 0 Å². The molecule has 0 bridgehead atoms. The number of fused-ring (bicyclic) bond motifs is 1. The molecule has 24 heavy (non-hydrogen) atoms. The standard InChI is InChI=1S/C20H20N2O2/c23-20-18(14-22-10-12-24-13-11-22)16-8-4-5-9-17(16)19(21-20)15-6-2-1-3-7-15/h1-9,14,19H,10-13H2,(H,21,23). The molecule has 2 aromatic carbocycles. The van der Waals surface area contributed by atoms with Gasteiger partial charge in [-0.2, -0.15) is 0 Å². The van der Waals surface area contributed by atoms with Crippen LogP contribution in [0.2, 0.25) is 0 Å². The van der Waals surface area contributed by atoms with Crippen molar-refractivity contribution < 1.29 is 9.53 Å². The van der Waals surface area contributed by atoms with Gasteiger partial charge in [-0.3, -0.25) is 4.79 Å². The highest BCUT2D eigenvalue weighted by Gasteiger charge is 2.29. The van der Waals surface area contributed by atoms with E-state index in [0.29, 0.717) is 13.2 Å². The molecule has 1 saturated heterocycles. The largest absolute Gasteiger partial charge is 0.378 e. The Balaban J connectivity index is 1.75. The van der Waals surface area contributed by atoms with Gasteiger partial charge in [-0.1, -0.05) is 54.6 Å². The van der Waals surface area contributed by atoms with E-state index in [1.54, 1.807) is 0 Å². The first-order valence-corrected chi connectivity index (χ1v) is 8.31. The van der Waals surface area contributed by atoms with Gasteiger partial charge in [-0.05, 0) is 16.7 Å². The first-order chi connectivity index (χ1) is 11.8. The van der Waals surface area contributed by atoms with Crippen molar-refractivity contribution in [2.45, 2.75) is 6.04 Å². The van der Waals surface area contributed by atoms with Crippen LogP contribution in [-0.4, -0.2) is 37.1 Å². The molecular weight excluding hydrogens is 300 g/mol. The zero-order chi connectivity index (χ0) is 16.4. The van der Waals surface area contributed by atoms with Crippen LogP contribution in [0.1, 0.15) is 22.7 Å². The van der Waals surface area contributed by atoms with Crippen LogP contribution in [-0.2, 0) is 9.53 Å². The van der Waals surface area contributed by atoms with Gasteiger partial charge < -0.3 is 15.0 Å². The first-order valence-electron chi connectivity index (χ1n) is 8.31. The molecule has 4 heteroatoms. The Labute approximate surface area is 141 Å². The smallest absolute Gasteiger partial charge is 0.254 e. The highest BCUT2D eigenvalue weighted by Crippen LogP contribution is 2.34. The summed E-state index contributed by atoms with van der Waals surface area (Å²) in [6.07, 6.45) is 1.98. The maximum Gasteiger partial charge on any atom is 0.254 e. The minimum atomic E-state index is -0.100. The number of carbonyl (C=O) groups excluding carboxylic acids is 1. The normalized spacial score (nSPS) is 22.2. The highest BCUT2D eigenvalue weighted by molar-refractivity contribution is 6.21. The molecule has 1 fully saturated rings. The summed E-state index contributed by atoms with van der Waals surface area (Å²) in [6, 6.07) is 18.2. The lowest BCUT2D eigenvalue weighted by atomic mass is 9.87. The van der Waals surface area contributed by atoms with Gasteiger partial charge in [0.2, 0.25) is 0 Å². The van der Waals surface area contributed by atoms with Crippen LogP contribution < -0.4 is 5.32 Å². The minimum absolute atomic E-state index is 0.0194. The Morgan fingerprint density at radius 2 is 1.71 bits per heavy atom. The Morgan fingerprint density at radius 1 is 1.00 bits per heavy atom. The predicted molar refractivity (Wildman–Crippen MR) is 93.2 cm³/mol. The van der Waals surface area contributed by atoms with Gasteiger partial charge in [0.25, 0.3) is 5.91 Å². The second-order valence-corrected chi connectivity index (χ2v) is 6.10. The summed E-state index contributed by atoms with van der Waals surface area (Å²) >= 11 is 0. The van der Waals surface area contributed by atoms with Crippen LogP contribution in [0.5, 0.6) is 0 Å². The van der Waals surface area contributed by atoms with E-state index in [0.717, 1.165) is 35.4 Å². The third kappa shape index (κ3) is 2.81. The molecule has 1 unspecified atom stereocenters. The molecule has 122 valence electrons. The third-order valence-electron chi connectivity index (χ3n) is 4.57. The van der Waals surface area contributed by atoms with E-state index in [2.05, 4.69) is 28.4 Å². The monoisotopic (exact) mass is 320 g/mol. The average Bonchev–Trinajstić information content (AvgIpc) is 2.65. The lowest BCUT2D eigenvalue weighted by Gasteiger charge is -2.31. The van der Waals surface area contributed by atoms with Crippen LogP contribution in [0.4, 0.5) is 0 Å². The maximum absolute atomic E-state index is 12.8. The molecule has 4 nitrogen and oxygen atoms in total. The molecule has 1 N–H and O–H groups in total. The lowest BCUT2D eigenvalue weighted by Crippen LogP contribution is -2.37. The summed E-state index contributed by atoms with van der Waals surface area (Å²) < 4.78 is 5.39. The number of hydrogen-bond donors (Lipinski definition) is 1. The predicted octanol–water partition coefficient (Wildman–Crippen LogP) is 2.58. The molecule has 1 amide bonds. The lowest BCUT2D eigenvalue weighted by molar-refractivity contribution is -0.116. The van der Waals surface area contributed by atoms with Gasteiger partial charge in [-0.15, -0.1) is 0 Å². The van der Waals surface area contributed by atoms with E-state index in [4.69, 9.17) is 4.74 Å². The molecule has 0 radical (unpaired) electrons. The van der Waals surface area contributed by atoms with Crippen LogP contribution in [0.3, 0.4) is 0 Å². The van der Waals surface area contributed by atoms with Crippen molar-refractivity contribution in [2.75, 3.05) is 26.3 Å². The number of carbonyl (C=O) groups is 1. The number of rotatable bonds is 2. The van der Waals surface area contributed by atoms with Crippen molar-refractivity contribution in [3.63, 3.8) is 0 Å². The molecule has 2 aromatic rings. The summed E-state index contributed by atoms with van der Waals surface area (Å²) in [5.74, 6) is -0.0194. The van der Waals surface area contributed by atoms with Crippen molar-refractivity contribution in [1.82, 2.24) is 10.2 Å². The quantitative estimate of drug-likeness (QED) is 0.865. The molecule has 0 aliphatic carbocycles. The topological polar surface area (TPSA) is 41.6 Å². The van der Waals surface area contributed by atoms with Crippen LogP contribution in [0.25, 0.3) is 5.57 Å². The maximum atomic E-state index is 12.8. The molecule has 0 saturated carbocycles. The third-order valence-corrected chi connectivity index (χ3v) is 4.57. The summed E-state index contributed by atoms with van der Waals surface area (Å²) in [7, 11) is 0. The molecule has 2 heterocycles. The summed E-state index contributed by atoms with van der Waals surface area (Å²) in [5, 5.41) is 3.16. The summed E-state index contributed by atoms with van der Waals surface area (Å²) in [4.78, 5) is 14.9. The average molecular weight is 320 g/mol. The van der Waals surface area contributed by atoms with Crippen LogP contribution in [0.15, 0.2) is 60.8 Å². The van der Waals surface area contributed by atoms with Gasteiger partial charge in [0.15, 0.2) is 0 Å². The van der Waals surface area contributed by atoms with Crippen molar-refractivity contribution in [3.8, 4) is 0 Å². The first kappa shape index (κ1) is 15.0. The second-order valence-electron chi connectivity index (χ2n) is 6.10. The van der Waals surface area contributed by atoms with E-state index in [1.807, 2.05) is 42.6 Å².